The van der Waals surface area contributed by atoms with E-state index in [1.807, 2.05) is 66.7 Å². The van der Waals surface area contributed by atoms with E-state index in [-0.39, 0.29) is 11.1 Å². The first-order valence-corrected chi connectivity index (χ1v) is 13.3. The van der Waals surface area contributed by atoms with Crippen LogP contribution in [0.3, 0.4) is 0 Å². The maximum absolute atomic E-state index is 13.6. The number of fused-ring (bicyclic) bond motifs is 2. The molecular weight excluding hydrogens is 518 g/mol. The third-order valence-electron chi connectivity index (χ3n) is 7.03. The number of carbonyl (C=O) groups excluding carboxylic acids is 3. The molecule has 1 N–H and O–H groups in total. The van der Waals surface area contributed by atoms with Gasteiger partial charge < -0.3 is 14.5 Å². The van der Waals surface area contributed by atoms with Gasteiger partial charge in [-0.05, 0) is 50.6 Å². The zero-order valence-corrected chi connectivity index (χ0v) is 23.2. The minimum absolute atomic E-state index is 0.229. The number of rotatable bonds is 5. The molecule has 206 valence electrons. The van der Waals surface area contributed by atoms with Crippen LogP contribution in [0.15, 0.2) is 85.2 Å². The first-order valence-electron chi connectivity index (χ1n) is 13.3. The molecule has 8 nitrogen and oxygen atoms in total. The maximum atomic E-state index is 13.6. The van der Waals surface area contributed by atoms with Crippen LogP contribution in [0.4, 0.5) is 4.79 Å². The van der Waals surface area contributed by atoms with Gasteiger partial charge in [0.15, 0.2) is 0 Å². The summed E-state index contributed by atoms with van der Waals surface area (Å²) in [6, 6.07) is 22.7. The molecule has 1 aliphatic rings. The molecule has 0 saturated heterocycles. The Morgan fingerprint density at radius 2 is 1.54 bits per heavy atom. The average molecular weight is 548 g/mol. The van der Waals surface area contributed by atoms with E-state index in [4.69, 9.17) is 9.47 Å². The Hall–Kier alpha value is -5.11. The summed E-state index contributed by atoms with van der Waals surface area (Å²) in [5.74, 6) is -0.227. The van der Waals surface area contributed by atoms with Crippen LogP contribution < -0.4 is 4.74 Å². The summed E-state index contributed by atoms with van der Waals surface area (Å²) in [4.78, 5) is 44.7. The molecule has 0 radical (unpaired) electrons. The Morgan fingerprint density at radius 3 is 2.27 bits per heavy atom. The fraction of sp³-hybridized carbons (Fsp3) is 0.182. The monoisotopic (exact) mass is 547 g/mol. The van der Waals surface area contributed by atoms with E-state index in [1.54, 1.807) is 39.2 Å². The van der Waals surface area contributed by atoms with Gasteiger partial charge in [0.2, 0.25) is 0 Å². The van der Waals surface area contributed by atoms with Gasteiger partial charge in [0.1, 0.15) is 18.0 Å². The molecule has 1 aliphatic heterocycles. The van der Waals surface area contributed by atoms with Crippen molar-refractivity contribution in [3.8, 4) is 5.75 Å². The van der Waals surface area contributed by atoms with Gasteiger partial charge in [-0.2, -0.15) is 0 Å². The Labute approximate surface area is 236 Å². The van der Waals surface area contributed by atoms with Gasteiger partial charge in [0.05, 0.1) is 16.7 Å². The lowest BCUT2D eigenvalue weighted by Gasteiger charge is -2.19. The van der Waals surface area contributed by atoms with E-state index in [0.29, 0.717) is 34.4 Å². The van der Waals surface area contributed by atoms with E-state index < -0.39 is 23.5 Å². The number of H-pyrrole nitrogens is 1. The number of nitrogens with one attached hydrogen (secondary N) is 1. The molecule has 41 heavy (non-hydrogen) atoms. The Balaban J connectivity index is 1.50. The van der Waals surface area contributed by atoms with Crippen molar-refractivity contribution in [2.75, 3.05) is 7.05 Å². The largest absolute Gasteiger partial charge is 0.489 e. The molecule has 0 atom stereocenters. The summed E-state index contributed by atoms with van der Waals surface area (Å²) in [5, 5.41) is 1.41. The molecule has 3 heterocycles. The second-order valence-corrected chi connectivity index (χ2v) is 11.0. The predicted octanol–water partition coefficient (Wildman–Crippen LogP) is 6.39. The lowest BCUT2D eigenvalue weighted by molar-refractivity contribution is -0.134. The van der Waals surface area contributed by atoms with Crippen LogP contribution in [-0.4, -0.2) is 45.0 Å². The number of ether oxygens (including phenoxy) is 2. The molecule has 6 rings (SSSR count). The SMILES string of the molecule is CN1C(=O)C(c2c[nH]c3ccc(OCc4ccccc4)cc23)=C(c2cn(C(=O)OC(C)(C)C)c3ccccc23)C1=O. The van der Waals surface area contributed by atoms with Crippen LogP contribution in [0.5, 0.6) is 5.75 Å². The van der Waals surface area contributed by atoms with E-state index in [9.17, 15) is 14.4 Å². The smallest absolute Gasteiger partial charge is 0.419 e. The normalized spacial score (nSPS) is 14.0. The van der Waals surface area contributed by atoms with Crippen molar-refractivity contribution in [2.24, 2.45) is 0 Å². The van der Waals surface area contributed by atoms with Crippen molar-refractivity contribution in [3.05, 3.63) is 102 Å². The van der Waals surface area contributed by atoms with Gasteiger partial charge in [-0.15, -0.1) is 0 Å². The minimum Gasteiger partial charge on any atom is -0.489 e. The van der Waals surface area contributed by atoms with Crippen LogP contribution in [0.25, 0.3) is 33.0 Å². The maximum Gasteiger partial charge on any atom is 0.419 e. The number of carbonyl (C=O) groups is 3. The van der Waals surface area contributed by atoms with Gasteiger partial charge in [0.25, 0.3) is 11.8 Å². The highest BCUT2D eigenvalue weighted by molar-refractivity contribution is 6.50. The van der Waals surface area contributed by atoms with Crippen molar-refractivity contribution in [1.82, 2.24) is 14.5 Å². The predicted molar refractivity (Wildman–Crippen MR) is 157 cm³/mol. The number of nitrogens with zero attached hydrogens (tertiary/aromatic N) is 2. The average Bonchev–Trinajstić information content (AvgIpc) is 3.60. The quantitative estimate of drug-likeness (QED) is 0.257. The Kier molecular flexibility index (Phi) is 6.26. The molecule has 0 aliphatic carbocycles. The van der Waals surface area contributed by atoms with Gasteiger partial charge >= 0.3 is 6.09 Å². The first-order chi connectivity index (χ1) is 19.6. The standard InChI is InChI=1S/C33H29N3O5/c1-33(2,3)41-32(39)36-18-25(22-12-8-9-13-27(22)36)29-28(30(37)35(4)31(29)38)24-17-34-26-15-14-21(16-23(24)26)40-19-20-10-6-5-7-11-20/h5-18,34H,19H2,1-4H3. The highest BCUT2D eigenvalue weighted by Crippen LogP contribution is 2.41. The van der Waals surface area contributed by atoms with Crippen molar-refractivity contribution in [2.45, 2.75) is 33.0 Å². The van der Waals surface area contributed by atoms with Crippen molar-refractivity contribution in [1.29, 1.82) is 0 Å². The van der Waals surface area contributed by atoms with Crippen molar-refractivity contribution in [3.63, 3.8) is 0 Å². The fourth-order valence-electron chi connectivity index (χ4n) is 5.12. The summed E-state index contributed by atoms with van der Waals surface area (Å²) in [7, 11) is 1.47. The fourth-order valence-corrected chi connectivity index (χ4v) is 5.12. The summed E-state index contributed by atoms with van der Waals surface area (Å²) in [6.45, 7) is 5.77. The minimum atomic E-state index is -0.712. The van der Waals surface area contributed by atoms with E-state index >= 15 is 0 Å². The zero-order chi connectivity index (χ0) is 28.9. The molecule has 0 saturated carbocycles. The van der Waals surface area contributed by atoms with E-state index in [2.05, 4.69) is 4.98 Å². The van der Waals surface area contributed by atoms with Crippen LogP contribution >= 0.6 is 0 Å². The molecule has 2 amide bonds. The highest BCUT2D eigenvalue weighted by Gasteiger charge is 2.39. The molecule has 0 fully saturated rings. The lowest BCUT2D eigenvalue weighted by Crippen LogP contribution is -2.27. The zero-order valence-electron chi connectivity index (χ0n) is 23.2. The molecule has 8 heteroatoms. The van der Waals surface area contributed by atoms with Gasteiger partial charge in [-0.1, -0.05) is 48.5 Å². The molecule has 2 aromatic heterocycles. The van der Waals surface area contributed by atoms with Gasteiger partial charge in [0, 0.05) is 46.9 Å². The lowest BCUT2D eigenvalue weighted by atomic mass is 9.95. The number of hydrogen-bond donors (Lipinski definition) is 1. The second-order valence-electron chi connectivity index (χ2n) is 11.0. The Bertz CT molecular complexity index is 1870. The topological polar surface area (TPSA) is 93.6 Å². The third-order valence-corrected chi connectivity index (χ3v) is 7.03. The molecule has 3 aromatic carbocycles. The van der Waals surface area contributed by atoms with Crippen LogP contribution in [0, 0.1) is 0 Å². The van der Waals surface area contributed by atoms with Crippen LogP contribution in [0.1, 0.15) is 37.5 Å². The highest BCUT2D eigenvalue weighted by atomic mass is 16.6. The summed E-state index contributed by atoms with van der Waals surface area (Å²) in [6.07, 6.45) is 2.75. The molecule has 0 spiro atoms. The second kappa shape index (κ2) is 9.82. The first kappa shape index (κ1) is 26.1. The number of hydrogen-bond acceptors (Lipinski definition) is 5. The number of imide groups is 1. The number of aromatic amines is 1. The molecule has 0 unspecified atom stereocenters. The van der Waals surface area contributed by atoms with Crippen LogP contribution in [0.2, 0.25) is 0 Å². The van der Waals surface area contributed by atoms with E-state index in [0.717, 1.165) is 21.4 Å². The number of benzene rings is 3. The van der Waals surface area contributed by atoms with Crippen LogP contribution in [-0.2, 0) is 20.9 Å². The summed E-state index contributed by atoms with van der Waals surface area (Å²) >= 11 is 0. The number of amides is 2. The van der Waals surface area contributed by atoms with Gasteiger partial charge in [-0.25, -0.2) is 4.79 Å². The Morgan fingerprint density at radius 1 is 0.854 bits per heavy atom. The van der Waals surface area contributed by atoms with Gasteiger partial charge in [-0.3, -0.25) is 19.1 Å². The number of para-hydroxylation sites is 1. The number of aromatic nitrogens is 2. The third kappa shape index (κ3) is 4.67. The molecule has 0 bridgehead atoms. The molecular formula is C33H29N3O5. The summed E-state index contributed by atoms with van der Waals surface area (Å²) < 4.78 is 13.1. The number of likely N-dealkylation sites (N-methyl/N-ethyl adjacent to an activating group) is 1. The van der Waals surface area contributed by atoms with E-state index in [1.165, 1.54) is 11.6 Å². The van der Waals surface area contributed by atoms with Crippen molar-refractivity contribution >= 4 is 50.9 Å². The van der Waals surface area contributed by atoms with Crippen molar-refractivity contribution < 1.29 is 23.9 Å². The summed E-state index contributed by atoms with van der Waals surface area (Å²) in [5.41, 5.74) is 3.25. The molecule has 5 aromatic rings.